The molecular weight excluding hydrogens is 131 g/mol. The Balaban J connectivity index is 2.05. The molecule has 0 heterocycles. The first-order valence-electron chi connectivity index (χ1n) is 3.78. The third-order valence-electron chi connectivity index (χ3n) is 1.53. The van der Waals surface area contributed by atoms with Gasteiger partial charge in [0.2, 0.25) is 0 Å². The van der Waals surface area contributed by atoms with Gasteiger partial charge in [-0.1, -0.05) is 13.8 Å². The SMILES string of the molecule is CCP(CC)OC1CC1. The van der Waals surface area contributed by atoms with Gasteiger partial charge in [0.25, 0.3) is 0 Å². The highest BCUT2D eigenvalue weighted by molar-refractivity contribution is 7.52. The van der Waals surface area contributed by atoms with Gasteiger partial charge < -0.3 is 4.52 Å². The van der Waals surface area contributed by atoms with E-state index in [-0.39, 0.29) is 8.15 Å². The lowest BCUT2D eigenvalue weighted by atomic mass is 10.9. The molecule has 1 saturated carbocycles. The summed E-state index contributed by atoms with van der Waals surface area (Å²) in [4.78, 5) is 0. The van der Waals surface area contributed by atoms with E-state index in [1.807, 2.05) is 0 Å². The molecule has 1 nitrogen and oxygen atoms in total. The Morgan fingerprint density at radius 2 is 1.89 bits per heavy atom. The molecule has 0 N–H and O–H groups in total. The van der Waals surface area contributed by atoms with E-state index >= 15 is 0 Å². The van der Waals surface area contributed by atoms with E-state index in [9.17, 15) is 0 Å². The summed E-state index contributed by atoms with van der Waals surface area (Å²) in [6.45, 7) is 4.44. The highest BCUT2D eigenvalue weighted by atomic mass is 31.1. The second kappa shape index (κ2) is 3.53. The molecule has 54 valence electrons. The van der Waals surface area contributed by atoms with E-state index in [0.717, 1.165) is 0 Å². The van der Waals surface area contributed by atoms with Crippen molar-refractivity contribution < 1.29 is 4.52 Å². The summed E-state index contributed by atoms with van der Waals surface area (Å²) < 4.78 is 5.72. The minimum atomic E-state index is -0.0332. The van der Waals surface area contributed by atoms with Crippen LogP contribution in [0.3, 0.4) is 0 Å². The molecule has 1 rings (SSSR count). The Bertz CT molecular complexity index is 77.0. The van der Waals surface area contributed by atoms with Gasteiger partial charge in [-0.3, -0.25) is 0 Å². The van der Waals surface area contributed by atoms with Crippen molar-refractivity contribution >= 4 is 8.15 Å². The summed E-state index contributed by atoms with van der Waals surface area (Å²) in [5.41, 5.74) is 0. The normalized spacial score (nSPS) is 19.0. The van der Waals surface area contributed by atoms with Crippen LogP contribution in [-0.4, -0.2) is 18.4 Å². The molecular formula is C7H15OP. The predicted octanol–water partition coefficient (Wildman–Crippen LogP) is 2.60. The van der Waals surface area contributed by atoms with E-state index in [0.29, 0.717) is 6.10 Å². The molecule has 0 aromatic heterocycles. The number of hydrogen-bond donors (Lipinski definition) is 0. The van der Waals surface area contributed by atoms with Gasteiger partial charge in [-0.25, -0.2) is 0 Å². The van der Waals surface area contributed by atoms with Gasteiger partial charge in [0.1, 0.15) is 0 Å². The van der Waals surface area contributed by atoms with Crippen LogP contribution >= 0.6 is 8.15 Å². The molecule has 1 aliphatic carbocycles. The van der Waals surface area contributed by atoms with E-state index in [1.165, 1.54) is 25.2 Å². The van der Waals surface area contributed by atoms with Crippen LogP contribution in [0.25, 0.3) is 0 Å². The molecule has 0 spiro atoms. The van der Waals surface area contributed by atoms with Crippen molar-refractivity contribution in [1.29, 1.82) is 0 Å². The van der Waals surface area contributed by atoms with Gasteiger partial charge in [0.15, 0.2) is 0 Å². The van der Waals surface area contributed by atoms with Gasteiger partial charge >= 0.3 is 0 Å². The lowest BCUT2D eigenvalue weighted by Crippen LogP contribution is -1.91. The molecule has 9 heavy (non-hydrogen) atoms. The van der Waals surface area contributed by atoms with Gasteiger partial charge in [-0.15, -0.1) is 0 Å². The van der Waals surface area contributed by atoms with Crippen molar-refractivity contribution in [3.05, 3.63) is 0 Å². The Labute approximate surface area is 58.6 Å². The van der Waals surface area contributed by atoms with E-state index in [1.54, 1.807) is 0 Å². The Morgan fingerprint density at radius 1 is 1.33 bits per heavy atom. The van der Waals surface area contributed by atoms with Crippen LogP contribution in [-0.2, 0) is 4.52 Å². The summed E-state index contributed by atoms with van der Waals surface area (Å²) >= 11 is 0. The fraction of sp³-hybridized carbons (Fsp3) is 1.00. The summed E-state index contributed by atoms with van der Waals surface area (Å²) in [5, 5.41) is 0. The van der Waals surface area contributed by atoms with E-state index < -0.39 is 0 Å². The second-order valence-corrected chi connectivity index (χ2v) is 4.86. The summed E-state index contributed by atoms with van der Waals surface area (Å²) in [7, 11) is -0.0332. The topological polar surface area (TPSA) is 9.23 Å². The third-order valence-corrected chi connectivity index (χ3v) is 3.54. The van der Waals surface area contributed by atoms with Crippen LogP contribution < -0.4 is 0 Å². The fourth-order valence-electron chi connectivity index (χ4n) is 0.757. The smallest absolute Gasteiger partial charge is 0.0619 e. The number of rotatable bonds is 4. The lowest BCUT2D eigenvalue weighted by molar-refractivity contribution is 0.338. The van der Waals surface area contributed by atoms with Crippen LogP contribution in [0, 0.1) is 0 Å². The van der Waals surface area contributed by atoms with Gasteiger partial charge in [-0.2, -0.15) is 0 Å². The zero-order chi connectivity index (χ0) is 6.69. The predicted molar refractivity (Wildman–Crippen MR) is 42.1 cm³/mol. The summed E-state index contributed by atoms with van der Waals surface area (Å²) in [6.07, 6.45) is 5.78. The van der Waals surface area contributed by atoms with E-state index in [4.69, 9.17) is 4.52 Å². The molecule has 0 atom stereocenters. The molecule has 0 aliphatic heterocycles. The first kappa shape index (κ1) is 7.50. The Hall–Kier alpha value is 0.390. The summed E-state index contributed by atoms with van der Waals surface area (Å²) in [5.74, 6) is 0. The highest BCUT2D eigenvalue weighted by Crippen LogP contribution is 2.43. The molecule has 0 amide bonds. The molecule has 0 saturated heterocycles. The van der Waals surface area contributed by atoms with Crippen molar-refractivity contribution in [2.45, 2.75) is 32.8 Å². The molecule has 0 unspecified atom stereocenters. The first-order chi connectivity index (χ1) is 4.36. The summed E-state index contributed by atoms with van der Waals surface area (Å²) in [6, 6.07) is 0. The van der Waals surface area contributed by atoms with Crippen molar-refractivity contribution in [1.82, 2.24) is 0 Å². The van der Waals surface area contributed by atoms with Crippen LogP contribution in [0.5, 0.6) is 0 Å². The first-order valence-corrected chi connectivity index (χ1v) is 5.41. The zero-order valence-electron chi connectivity index (χ0n) is 6.26. The fourth-order valence-corrected chi connectivity index (χ4v) is 2.13. The minimum Gasteiger partial charge on any atom is -0.356 e. The van der Waals surface area contributed by atoms with Crippen molar-refractivity contribution in [2.75, 3.05) is 12.3 Å². The second-order valence-electron chi connectivity index (χ2n) is 2.42. The van der Waals surface area contributed by atoms with Crippen LogP contribution in [0.1, 0.15) is 26.7 Å². The van der Waals surface area contributed by atoms with Gasteiger partial charge in [0, 0.05) is 8.15 Å². The molecule has 0 bridgehead atoms. The van der Waals surface area contributed by atoms with Crippen LogP contribution in [0.2, 0.25) is 0 Å². The Morgan fingerprint density at radius 3 is 2.22 bits per heavy atom. The standard InChI is InChI=1S/C7H15OP/c1-3-9(4-2)8-7-5-6-7/h7H,3-6H2,1-2H3. The molecule has 0 aromatic rings. The maximum Gasteiger partial charge on any atom is 0.0619 e. The van der Waals surface area contributed by atoms with Crippen molar-refractivity contribution in [2.24, 2.45) is 0 Å². The minimum absolute atomic E-state index is 0.0332. The lowest BCUT2D eigenvalue weighted by Gasteiger charge is -2.11. The monoisotopic (exact) mass is 146 g/mol. The zero-order valence-corrected chi connectivity index (χ0v) is 7.16. The maximum atomic E-state index is 5.72. The van der Waals surface area contributed by atoms with E-state index in [2.05, 4.69) is 13.8 Å². The average Bonchev–Trinajstić information content (AvgIpc) is 2.66. The van der Waals surface area contributed by atoms with Crippen LogP contribution in [0.15, 0.2) is 0 Å². The van der Waals surface area contributed by atoms with Gasteiger partial charge in [-0.05, 0) is 25.2 Å². The molecule has 0 radical (unpaired) electrons. The molecule has 0 aromatic carbocycles. The van der Waals surface area contributed by atoms with Gasteiger partial charge in [0.05, 0.1) is 6.10 Å². The Kier molecular flexibility index (Phi) is 2.94. The molecule has 2 heteroatoms. The van der Waals surface area contributed by atoms with Crippen LogP contribution in [0.4, 0.5) is 0 Å². The quantitative estimate of drug-likeness (QED) is 0.554. The average molecular weight is 146 g/mol. The van der Waals surface area contributed by atoms with Crippen molar-refractivity contribution in [3.8, 4) is 0 Å². The maximum absolute atomic E-state index is 5.72. The largest absolute Gasteiger partial charge is 0.356 e. The number of hydrogen-bond acceptors (Lipinski definition) is 1. The third kappa shape index (κ3) is 2.64. The highest BCUT2D eigenvalue weighted by Gasteiger charge is 2.24. The molecule has 1 aliphatic rings. The molecule has 1 fully saturated rings. The van der Waals surface area contributed by atoms with Crippen molar-refractivity contribution in [3.63, 3.8) is 0 Å².